The van der Waals surface area contributed by atoms with E-state index < -0.39 is 0 Å². The predicted molar refractivity (Wildman–Crippen MR) is 84.8 cm³/mol. The second-order valence-corrected chi connectivity index (χ2v) is 6.22. The molecule has 0 aliphatic carbocycles. The molecule has 0 saturated carbocycles. The van der Waals surface area contributed by atoms with Gasteiger partial charge in [-0.25, -0.2) is 0 Å². The first-order chi connectivity index (χ1) is 8.99. The molecule has 3 heteroatoms. The second-order valence-electron chi connectivity index (χ2n) is 6.22. The van der Waals surface area contributed by atoms with Crippen molar-refractivity contribution in [3.05, 3.63) is 0 Å². The molecule has 0 spiro atoms. The van der Waals surface area contributed by atoms with Crippen molar-refractivity contribution in [3.63, 3.8) is 0 Å². The molecular formula is C16H36N2O. The highest BCUT2D eigenvalue weighted by atomic mass is 16.5. The van der Waals surface area contributed by atoms with Crippen molar-refractivity contribution in [2.45, 2.75) is 53.1 Å². The number of hydrogen-bond donors (Lipinski definition) is 0. The highest BCUT2D eigenvalue weighted by molar-refractivity contribution is 4.72. The van der Waals surface area contributed by atoms with Gasteiger partial charge in [-0.05, 0) is 20.0 Å². The molecule has 0 aromatic heterocycles. The maximum Gasteiger partial charge on any atom is 0.0829 e. The van der Waals surface area contributed by atoms with Crippen LogP contribution in [0.2, 0.25) is 0 Å². The third kappa shape index (κ3) is 11.4. The zero-order valence-electron chi connectivity index (χ0n) is 14.1. The lowest BCUT2D eigenvalue weighted by molar-refractivity contribution is -0.0334. The largest absolute Gasteiger partial charge is 0.374 e. The Morgan fingerprint density at radius 1 is 1.26 bits per heavy atom. The SMILES string of the molecule is CC(C)CN(C)CC1CN(C)CCO1.CCCCC. The van der Waals surface area contributed by atoms with Crippen LogP contribution in [0, 0.1) is 5.92 Å². The molecule has 0 aromatic rings. The Morgan fingerprint density at radius 3 is 2.32 bits per heavy atom. The maximum absolute atomic E-state index is 5.72. The van der Waals surface area contributed by atoms with Crippen molar-refractivity contribution < 1.29 is 4.74 Å². The van der Waals surface area contributed by atoms with E-state index >= 15 is 0 Å². The van der Waals surface area contributed by atoms with Gasteiger partial charge >= 0.3 is 0 Å². The van der Waals surface area contributed by atoms with Crippen molar-refractivity contribution in [3.8, 4) is 0 Å². The third-order valence-corrected chi connectivity index (χ3v) is 3.24. The summed E-state index contributed by atoms with van der Waals surface area (Å²) in [6, 6.07) is 0. The fraction of sp³-hybridized carbons (Fsp3) is 1.00. The molecule has 1 unspecified atom stereocenters. The van der Waals surface area contributed by atoms with E-state index in [1.165, 1.54) is 19.3 Å². The fourth-order valence-corrected chi connectivity index (χ4v) is 2.38. The van der Waals surface area contributed by atoms with Crippen molar-refractivity contribution in [2.24, 2.45) is 5.92 Å². The van der Waals surface area contributed by atoms with Crippen molar-refractivity contribution in [2.75, 3.05) is 46.9 Å². The van der Waals surface area contributed by atoms with E-state index in [0.29, 0.717) is 6.10 Å². The average Bonchev–Trinajstić information content (AvgIpc) is 2.29. The van der Waals surface area contributed by atoms with Crippen LogP contribution in [0.1, 0.15) is 47.0 Å². The van der Waals surface area contributed by atoms with Gasteiger partial charge < -0.3 is 14.5 Å². The van der Waals surface area contributed by atoms with Gasteiger partial charge in [0, 0.05) is 26.2 Å². The Kier molecular flexibility index (Phi) is 11.6. The number of morpholine rings is 1. The van der Waals surface area contributed by atoms with Crippen LogP contribution in [-0.2, 0) is 4.74 Å². The van der Waals surface area contributed by atoms with Gasteiger partial charge in [-0.3, -0.25) is 0 Å². The summed E-state index contributed by atoms with van der Waals surface area (Å²) in [4.78, 5) is 4.71. The Hall–Kier alpha value is -0.120. The molecule has 1 aliphatic rings. The first-order valence-electron chi connectivity index (χ1n) is 7.98. The molecule has 0 aromatic carbocycles. The summed E-state index contributed by atoms with van der Waals surface area (Å²) in [5, 5.41) is 0. The minimum Gasteiger partial charge on any atom is -0.374 e. The molecule has 0 radical (unpaired) electrons. The van der Waals surface area contributed by atoms with Gasteiger partial charge in [0.15, 0.2) is 0 Å². The molecule has 19 heavy (non-hydrogen) atoms. The number of unbranched alkanes of at least 4 members (excludes halogenated alkanes) is 2. The van der Waals surface area contributed by atoms with E-state index in [-0.39, 0.29) is 0 Å². The van der Waals surface area contributed by atoms with Gasteiger partial charge in [-0.2, -0.15) is 0 Å². The summed E-state index contributed by atoms with van der Waals surface area (Å²) in [5.41, 5.74) is 0. The monoisotopic (exact) mass is 272 g/mol. The van der Waals surface area contributed by atoms with Crippen molar-refractivity contribution in [1.82, 2.24) is 9.80 Å². The van der Waals surface area contributed by atoms with Crippen molar-refractivity contribution >= 4 is 0 Å². The highest BCUT2D eigenvalue weighted by Gasteiger charge is 2.19. The molecule has 1 saturated heterocycles. The number of hydrogen-bond acceptors (Lipinski definition) is 3. The number of nitrogens with zero attached hydrogens (tertiary/aromatic N) is 2. The summed E-state index contributed by atoms with van der Waals surface area (Å²) < 4.78 is 5.72. The van der Waals surface area contributed by atoms with Gasteiger partial charge in [-0.1, -0.05) is 47.0 Å². The van der Waals surface area contributed by atoms with Gasteiger partial charge in [0.05, 0.1) is 12.7 Å². The lowest BCUT2D eigenvalue weighted by Crippen LogP contribution is -2.45. The summed E-state index contributed by atoms with van der Waals surface area (Å²) in [6.45, 7) is 14.2. The van der Waals surface area contributed by atoms with E-state index in [2.05, 4.69) is 51.6 Å². The van der Waals surface area contributed by atoms with Crippen LogP contribution >= 0.6 is 0 Å². The molecule has 3 nitrogen and oxygen atoms in total. The molecule has 0 bridgehead atoms. The van der Waals surface area contributed by atoms with Crippen LogP contribution in [0.25, 0.3) is 0 Å². The number of ether oxygens (including phenoxy) is 1. The second kappa shape index (κ2) is 11.7. The Bertz CT molecular complexity index is 195. The van der Waals surface area contributed by atoms with Gasteiger partial charge in [0.1, 0.15) is 0 Å². The normalized spacial score (nSPS) is 20.5. The summed E-state index contributed by atoms with van der Waals surface area (Å²) in [5.74, 6) is 0.737. The molecule has 1 fully saturated rings. The smallest absolute Gasteiger partial charge is 0.0829 e. The third-order valence-electron chi connectivity index (χ3n) is 3.24. The molecule has 0 N–H and O–H groups in total. The topological polar surface area (TPSA) is 15.7 Å². The average molecular weight is 272 g/mol. The van der Waals surface area contributed by atoms with Crippen molar-refractivity contribution in [1.29, 1.82) is 0 Å². The number of likely N-dealkylation sites (N-methyl/N-ethyl adjacent to an activating group) is 2. The lowest BCUT2D eigenvalue weighted by atomic mass is 10.2. The number of rotatable bonds is 6. The summed E-state index contributed by atoms with van der Waals surface area (Å²) in [7, 11) is 4.34. The summed E-state index contributed by atoms with van der Waals surface area (Å²) in [6.07, 6.45) is 4.48. The van der Waals surface area contributed by atoms with Gasteiger partial charge in [-0.15, -0.1) is 0 Å². The fourth-order valence-electron chi connectivity index (χ4n) is 2.38. The first kappa shape index (κ1) is 18.9. The van der Waals surface area contributed by atoms with E-state index in [1.54, 1.807) is 0 Å². The van der Waals surface area contributed by atoms with Crippen LogP contribution in [0.15, 0.2) is 0 Å². The minimum absolute atomic E-state index is 0.400. The quantitative estimate of drug-likeness (QED) is 0.739. The minimum atomic E-state index is 0.400. The van der Waals surface area contributed by atoms with Gasteiger partial charge in [0.25, 0.3) is 0 Å². The van der Waals surface area contributed by atoms with Crippen LogP contribution in [0.4, 0.5) is 0 Å². The van der Waals surface area contributed by atoms with E-state index in [4.69, 9.17) is 4.74 Å². The summed E-state index contributed by atoms with van der Waals surface area (Å²) >= 11 is 0. The Labute approximate surface area is 121 Å². The van der Waals surface area contributed by atoms with E-state index in [9.17, 15) is 0 Å². The zero-order chi connectivity index (χ0) is 14.7. The standard InChI is InChI=1S/C11H24N2O.C5H12/c1-10(2)7-13(4)9-11-8-12(3)5-6-14-11;1-3-5-4-2/h10-11H,5-9H2,1-4H3;3-5H2,1-2H3. The predicted octanol–water partition coefficient (Wildman–Crippen LogP) is 3.10. The molecular weight excluding hydrogens is 236 g/mol. The molecule has 1 rings (SSSR count). The molecule has 1 aliphatic heterocycles. The Balaban J connectivity index is 0.000000555. The molecule has 1 heterocycles. The van der Waals surface area contributed by atoms with Crippen LogP contribution in [0.5, 0.6) is 0 Å². The Morgan fingerprint density at radius 2 is 1.89 bits per heavy atom. The van der Waals surface area contributed by atoms with E-state index in [0.717, 1.165) is 38.7 Å². The molecule has 1 atom stereocenters. The van der Waals surface area contributed by atoms with Gasteiger partial charge in [0.2, 0.25) is 0 Å². The van der Waals surface area contributed by atoms with E-state index in [1.807, 2.05) is 0 Å². The van der Waals surface area contributed by atoms with Crippen LogP contribution in [-0.4, -0.2) is 62.8 Å². The van der Waals surface area contributed by atoms with Crippen LogP contribution in [0.3, 0.4) is 0 Å². The zero-order valence-corrected chi connectivity index (χ0v) is 14.1. The first-order valence-corrected chi connectivity index (χ1v) is 7.98. The highest BCUT2D eigenvalue weighted by Crippen LogP contribution is 2.05. The molecule has 0 amide bonds. The molecule has 116 valence electrons. The van der Waals surface area contributed by atoms with Crippen LogP contribution < -0.4 is 0 Å². The maximum atomic E-state index is 5.72. The lowest BCUT2D eigenvalue weighted by Gasteiger charge is -2.33.